The lowest BCUT2D eigenvalue weighted by Crippen LogP contribution is -2.07. The molecule has 3 aromatic rings. The van der Waals surface area contributed by atoms with Crippen molar-refractivity contribution in [2.75, 3.05) is 5.32 Å². The van der Waals surface area contributed by atoms with Crippen LogP contribution in [0.2, 0.25) is 0 Å². The summed E-state index contributed by atoms with van der Waals surface area (Å²) >= 11 is 0. The van der Waals surface area contributed by atoms with Gasteiger partial charge >= 0.3 is 12.1 Å². The summed E-state index contributed by atoms with van der Waals surface area (Å²) in [5.41, 5.74) is 1.47. The van der Waals surface area contributed by atoms with E-state index in [0.29, 0.717) is 28.2 Å². The maximum atomic E-state index is 13.0. The first-order valence-electron chi connectivity index (χ1n) is 10.3. The lowest BCUT2D eigenvalue weighted by Gasteiger charge is -2.09. The number of carbonyl (C=O) groups is 2. The van der Waals surface area contributed by atoms with E-state index in [2.05, 4.69) is 10.3 Å². The second kappa shape index (κ2) is 8.42. The van der Waals surface area contributed by atoms with Crippen molar-refractivity contribution in [3.63, 3.8) is 0 Å². The minimum absolute atomic E-state index is 0.0864. The summed E-state index contributed by atoms with van der Waals surface area (Å²) in [5.74, 6) is -2.13. The lowest BCUT2D eigenvalue weighted by molar-refractivity contribution is -0.137. The molecule has 0 spiro atoms. The number of aromatic amines is 1. The van der Waals surface area contributed by atoms with Gasteiger partial charge in [-0.05, 0) is 61.4 Å². The zero-order valence-electron chi connectivity index (χ0n) is 18.4. The number of amides is 1. The number of carboxylic acid groups (broad SMARTS) is 1. The Kier molecular flexibility index (Phi) is 5.84. The number of sulfone groups is 1. The summed E-state index contributed by atoms with van der Waals surface area (Å²) in [6.45, 7) is 3.19. The van der Waals surface area contributed by atoms with E-state index in [4.69, 9.17) is 0 Å². The molecule has 1 aromatic heterocycles. The topological polar surface area (TPSA) is 116 Å². The van der Waals surface area contributed by atoms with Crippen molar-refractivity contribution in [1.82, 2.24) is 4.98 Å². The minimum Gasteiger partial charge on any atom is -0.478 e. The molecule has 182 valence electrons. The number of fused-ring (bicyclic) bond motifs is 1. The number of halogens is 3. The van der Waals surface area contributed by atoms with E-state index in [9.17, 15) is 36.3 Å². The van der Waals surface area contributed by atoms with Gasteiger partial charge in [0.05, 0.1) is 27.3 Å². The first-order chi connectivity index (χ1) is 16.3. The van der Waals surface area contributed by atoms with Gasteiger partial charge in [0, 0.05) is 22.6 Å². The number of carboxylic acids is 1. The number of hydrogen-bond acceptors (Lipinski definition) is 4. The largest absolute Gasteiger partial charge is 0.478 e. The van der Waals surface area contributed by atoms with Crippen molar-refractivity contribution < 1.29 is 36.3 Å². The van der Waals surface area contributed by atoms with Gasteiger partial charge in [-0.25, -0.2) is 13.2 Å². The summed E-state index contributed by atoms with van der Waals surface area (Å²) in [6.07, 6.45) is -3.07. The Balaban J connectivity index is 1.69. The zero-order chi connectivity index (χ0) is 25.7. The average molecular weight is 504 g/mol. The standard InChI is InChI=1S/C24H19F3N2O5S/c1-12-20(28-13(2)21(12)23(31)32)10-18-17-9-16(7-8-19(17)29-22(18)30)35(33,34)11-14-3-5-15(6-4-14)24(25,26)27/h3-10,28H,11H2,1-2H3,(H,29,30)(H,31,32)/b18-10-. The van der Waals surface area contributed by atoms with Gasteiger partial charge in [0.15, 0.2) is 9.84 Å². The quantitative estimate of drug-likeness (QED) is 0.431. The van der Waals surface area contributed by atoms with Crippen LogP contribution in [0.4, 0.5) is 18.9 Å². The molecule has 7 nitrogen and oxygen atoms in total. The van der Waals surface area contributed by atoms with Gasteiger partial charge < -0.3 is 15.4 Å². The van der Waals surface area contributed by atoms with Crippen LogP contribution < -0.4 is 5.32 Å². The molecule has 11 heteroatoms. The van der Waals surface area contributed by atoms with E-state index in [1.807, 2.05) is 0 Å². The summed E-state index contributed by atoms with van der Waals surface area (Å²) in [5, 5.41) is 12.0. The number of hydrogen-bond donors (Lipinski definition) is 3. The number of alkyl halides is 3. The normalized spacial score (nSPS) is 14.8. The van der Waals surface area contributed by atoms with Crippen molar-refractivity contribution in [2.24, 2.45) is 0 Å². The van der Waals surface area contributed by atoms with Gasteiger partial charge in [-0.15, -0.1) is 0 Å². The summed E-state index contributed by atoms with van der Waals surface area (Å²) < 4.78 is 64.3. The van der Waals surface area contributed by atoms with Crippen molar-refractivity contribution in [3.8, 4) is 0 Å². The van der Waals surface area contributed by atoms with E-state index >= 15 is 0 Å². The highest BCUT2D eigenvalue weighted by Gasteiger charge is 2.31. The molecular formula is C24H19F3N2O5S. The van der Waals surface area contributed by atoms with Gasteiger partial charge in [0.25, 0.3) is 5.91 Å². The third-order valence-corrected chi connectivity index (χ3v) is 7.44. The van der Waals surface area contributed by atoms with Crippen LogP contribution in [-0.2, 0) is 26.6 Å². The zero-order valence-corrected chi connectivity index (χ0v) is 19.3. The fraction of sp³-hybridized carbons (Fsp3) is 0.167. The molecule has 35 heavy (non-hydrogen) atoms. The van der Waals surface area contributed by atoms with Gasteiger partial charge in [0.1, 0.15) is 0 Å². The van der Waals surface area contributed by atoms with Crippen LogP contribution in [-0.4, -0.2) is 30.4 Å². The predicted octanol–water partition coefficient (Wildman–Crippen LogP) is 4.82. The van der Waals surface area contributed by atoms with Crippen molar-refractivity contribution >= 4 is 39.1 Å². The Morgan fingerprint density at radius 3 is 2.31 bits per heavy atom. The van der Waals surface area contributed by atoms with Crippen LogP contribution >= 0.6 is 0 Å². The highest BCUT2D eigenvalue weighted by atomic mass is 32.2. The van der Waals surface area contributed by atoms with Gasteiger partial charge in [-0.3, -0.25) is 4.79 Å². The number of aryl methyl sites for hydroxylation is 1. The third kappa shape index (κ3) is 4.59. The monoisotopic (exact) mass is 504 g/mol. The summed E-state index contributed by atoms with van der Waals surface area (Å²) in [7, 11) is -3.95. The molecule has 0 aliphatic carbocycles. The molecule has 1 aliphatic heterocycles. The molecule has 0 radical (unpaired) electrons. The van der Waals surface area contributed by atoms with Gasteiger partial charge in [-0.2, -0.15) is 13.2 Å². The lowest BCUT2D eigenvalue weighted by atomic mass is 10.0. The Labute approximate surface area is 198 Å². The Morgan fingerprint density at radius 1 is 1.09 bits per heavy atom. The Hall–Kier alpha value is -3.86. The SMILES string of the molecule is Cc1[nH]c(/C=C2\C(=O)Nc3ccc(S(=O)(=O)Cc4ccc(C(F)(F)F)cc4)cc32)c(C)c1C(=O)O. The van der Waals surface area contributed by atoms with Crippen molar-refractivity contribution in [3.05, 3.63) is 81.7 Å². The minimum atomic E-state index is -4.53. The Bertz CT molecular complexity index is 1500. The maximum Gasteiger partial charge on any atom is 0.416 e. The molecule has 1 amide bonds. The molecule has 0 saturated heterocycles. The number of H-pyrrole nitrogens is 1. The fourth-order valence-electron chi connectivity index (χ4n) is 3.98. The number of aromatic carboxylic acids is 1. The second-order valence-corrected chi connectivity index (χ2v) is 10.1. The first-order valence-corrected chi connectivity index (χ1v) is 11.9. The molecule has 3 N–H and O–H groups in total. The molecule has 0 fully saturated rings. The van der Waals surface area contributed by atoms with Crippen LogP contribution in [0.5, 0.6) is 0 Å². The molecule has 0 bridgehead atoms. The van der Waals surface area contributed by atoms with E-state index in [1.165, 1.54) is 24.3 Å². The van der Waals surface area contributed by atoms with Crippen LogP contribution in [0.3, 0.4) is 0 Å². The van der Waals surface area contributed by atoms with E-state index < -0.39 is 39.2 Å². The maximum absolute atomic E-state index is 13.0. The average Bonchev–Trinajstić information content (AvgIpc) is 3.22. The van der Waals surface area contributed by atoms with Crippen LogP contribution in [0.1, 0.15) is 44.0 Å². The number of rotatable bonds is 5. The number of anilines is 1. The molecule has 0 saturated carbocycles. The second-order valence-electron chi connectivity index (χ2n) is 8.14. The van der Waals surface area contributed by atoms with E-state index in [0.717, 1.165) is 24.3 Å². The summed E-state index contributed by atoms with van der Waals surface area (Å²) in [6, 6.07) is 7.94. The third-order valence-electron chi connectivity index (χ3n) is 5.75. The molecule has 4 rings (SSSR count). The fourth-order valence-corrected chi connectivity index (χ4v) is 5.35. The molecule has 0 atom stereocenters. The summed E-state index contributed by atoms with van der Waals surface area (Å²) in [4.78, 5) is 26.9. The van der Waals surface area contributed by atoms with Crippen molar-refractivity contribution in [1.29, 1.82) is 0 Å². The van der Waals surface area contributed by atoms with Crippen LogP contribution in [0, 0.1) is 13.8 Å². The number of benzene rings is 2. The highest BCUT2D eigenvalue weighted by molar-refractivity contribution is 7.90. The van der Waals surface area contributed by atoms with Gasteiger partial charge in [0.2, 0.25) is 0 Å². The van der Waals surface area contributed by atoms with Crippen molar-refractivity contribution in [2.45, 2.75) is 30.7 Å². The first kappa shape index (κ1) is 24.3. The smallest absolute Gasteiger partial charge is 0.416 e. The molecule has 1 aliphatic rings. The Morgan fingerprint density at radius 2 is 1.74 bits per heavy atom. The predicted molar refractivity (Wildman–Crippen MR) is 123 cm³/mol. The van der Waals surface area contributed by atoms with E-state index in [-0.39, 0.29) is 21.6 Å². The molecular weight excluding hydrogens is 485 g/mol. The molecule has 2 aromatic carbocycles. The molecule has 0 unspecified atom stereocenters. The number of nitrogens with one attached hydrogen (secondary N) is 2. The van der Waals surface area contributed by atoms with Crippen LogP contribution in [0.25, 0.3) is 11.6 Å². The highest BCUT2D eigenvalue weighted by Crippen LogP contribution is 2.36. The van der Waals surface area contributed by atoms with Gasteiger partial charge in [-0.1, -0.05) is 12.1 Å². The van der Waals surface area contributed by atoms with Crippen LogP contribution in [0.15, 0.2) is 47.4 Å². The van der Waals surface area contributed by atoms with E-state index in [1.54, 1.807) is 13.8 Å². The molecule has 2 heterocycles. The number of aromatic nitrogens is 1. The number of carbonyl (C=O) groups excluding carboxylic acids is 1.